The molecule has 9 heteroatoms. The molecular weight excluding hydrogens is 316 g/mol. The van der Waals surface area contributed by atoms with Crippen molar-refractivity contribution in [3.63, 3.8) is 0 Å². The van der Waals surface area contributed by atoms with Gasteiger partial charge in [-0.2, -0.15) is 10.5 Å². The molecule has 1 amide bonds. The molecule has 0 saturated carbocycles. The summed E-state index contributed by atoms with van der Waals surface area (Å²) in [6, 6.07) is 8.57. The van der Waals surface area contributed by atoms with Gasteiger partial charge in [-0.05, 0) is 12.1 Å². The lowest BCUT2D eigenvalue weighted by Crippen LogP contribution is -2.36. The first kappa shape index (κ1) is 18.6. The number of esters is 1. The minimum atomic E-state index is -0.793. The van der Waals surface area contributed by atoms with Crippen LogP contribution in [-0.4, -0.2) is 41.4 Å². The fourth-order valence-corrected chi connectivity index (χ4v) is 1.75. The number of carbonyl (C=O) groups is 2. The molecular formula is C15H14N4O5. The second-order valence-electron chi connectivity index (χ2n) is 4.58. The molecule has 9 nitrogen and oxygen atoms in total. The highest BCUT2D eigenvalue weighted by atomic mass is 16.6. The van der Waals surface area contributed by atoms with Crippen LogP contribution < -0.4 is 0 Å². The van der Waals surface area contributed by atoms with Gasteiger partial charge in [0.25, 0.3) is 11.6 Å². The lowest BCUT2D eigenvalue weighted by molar-refractivity contribution is -0.384. The van der Waals surface area contributed by atoms with E-state index in [0.29, 0.717) is 0 Å². The summed E-state index contributed by atoms with van der Waals surface area (Å²) in [6.45, 7) is -0.245. The average molecular weight is 330 g/mol. The van der Waals surface area contributed by atoms with E-state index < -0.39 is 23.4 Å². The summed E-state index contributed by atoms with van der Waals surface area (Å²) in [5, 5.41) is 27.7. The first-order valence-electron chi connectivity index (χ1n) is 6.93. The maximum atomic E-state index is 12.0. The minimum Gasteiger partial charge on any atom is -0.452 e. The van der Waals surface area contributed by atoms with Crippen molar-refractivity contribution >= 4 is 17.6 Å². The predicted molar refractivity (Wildman–Crippen MR) is 80.4 cm³/mol. The zero-order chi connectivity index (χ0) is 17.9. The molecule has 0 unspecified atom stereocenters. The van der Waals surface area contributed by atoms with Crippen LogP contribution in [0.15, 0.2) is 24.3 Å². The lowest BCUT2D eigenvalue weighted by Gasteiger charge is -2.20. The number of hydrogen-bond donors (Lipinski definition) is 0. The number of nitriles is 2. The molecule has 0 aliphatic heterocycles. The first-order chi connectivity index (χ1) is 11.5. The van der Waals surface area contributed by atoms with Crippen LogP contribution in [0.3, 0.4) is 0 Å². The first-order valence-corrected chi connectivity index (χ1v) is 6.93. The Morgan fingerprint density at radius 3 is 2.12 bits per heavy atom. The number of non-ortho nitro benzene ring substituents is 1. The fraction of sp³-hybridized carbons (Fsp3) is 0.333. The number of benzene rings is 1. The quantitative estimate of drug-likeness (QED) is 0.399. The van der Waals surface area contributed by atoms with Gasteiger partial charge < -0.3 is 9.64 Å². The van der Waals surface area contributed by atoms with Crippen molar-refractivity contribution in [1.29, 1.82) is 10.5 Å². The molecule has 0 aliphatic carbocycles. The van der Waals surface area contributed by atoms with Crippen LogP contribution in [0.1, 0.15) is 23.2 Å². The zero-order valence-corrected chi connectivity index (χ0v) is 12.7. The van der Waals surface area contributed by atoms with E-state index in [1.807, 2.05) is 12.1 Å². The van der Waals surface area contributed by atoms with E-state index in [9.17, 15) is 19.7 Å². The molecule has 0 atom stereocenters. The molecule has 0 fully saturated rings. The van der Waals surface area contributed by atoms with Gasteiger partial charge in [0, 0.05) is 25.2 Å². The van der Waals surface area contributed by atoms with Gasteiger partial charge in [-0.15, -0.1) is 0 Å². The van der Waals surface area contributed by atoms with E-state index in [4.69, 9.17) is 15.3 Å². The molecule has 0 bridgehead atoms. The van der Waals surface area contributed by atoms with Crippen LogP contribution in [-0.2, 0) is 9.53 Å². The van der Waals surface area contributed by atoms with Crippen molar-refractivity contribution in [1.82, 2.24) is 4.90 Å². The number of ether oxygens (including phenoxy) is 1. The summed E-state index contributed by atoms with van der Waals surface area (Å²) in [4.78, 5) is 35.0. The zero-order valence-electron chi connectivity index (χ0n) is 12.7. The van der Waals surface area contributed by atoms with Gasteiger partial charge in [-0.3, -0.25) is 14.9 Å². The maximum Gasteiger partial charge on any atom is 0.338 e. The Balaban J connectivity index is 2.60. The molecule has 24 heavy (non-hydrogen) atoms. The Hall–Kier alpha value is -3.46. The Kier molecular flexibility index (Phi) is 7.39. The second kappa shape index (κ2) is 9.54. The monoisotopic (exact) mass is 330 g/mol. The third-order valence-corrected chi connectivity index (χ3v) is 2.98. The van der Waals surface area contributed by atoms with Crippen molar-refractivity contribution in [3.05, 3.63) is 39.9 Å². The Labute approximate surface area is 137 Å². The summed E-state index contributed by atoms with van der Waals surface area (Å²) >= 11 is 0. The SMILES string of the molecule is N#CCCN(CCC#N)C(=O)COC(=O)c1ccc([N+](=O)[O-])cc1. The van der Waals surface area contributed by atoms with Gasteiger partial charge in [-0.25, -0.2) is 4.79 Å². The van der Waals surface area contributed by atoms with E-state index >= 15 is 0 Å². The Morgan fingerprint density at radius 2 is 1.67 bits per heavy atom. The van der Waals surface area contributed by atoms with Crippen LogP contribution in [0, 0.1) is 32.8 Å². The van der Waals surface area contributed by atoms with E-state index in [-0.39, 0.29) is 37.2 Å². The molecule has 1 rings (SSSR count). The molecule has 0 heterocycles. The predicted octanol–water partition coefficient (Wildman–Crippen LogP) is 1.41. The fourth-order valence-electron chi connectivity index (χ4n) is 1.75. The van der Waals surface area contributed by atoms with Crippen molar-refractivity contribution in [2.75, 3.05) is 19.7 Å². The van der Waals surface area contributed by atoms with Gasteiger partial charge in [0.15, 0.2) is 6.61 Å². The maximum absolute atomic E-state index is 12.0. The summed E-state index contributed by atoms with van der Waals surface area (Å²) in [6.07, 6.45) is 0.209. The molecule has 1 aromatic rings. The van der Waals surface area contributed by atoms with Gasteiger partial charge in [0.1, 0.15) is 0 Å². The van der Waals surface area contributed by atoms with E-state index in [0.717, 1.165) is 12.1 Å². The number of amides is 1. The number of nitrogens with zero attached hydrogens (tertiary/aromatic N) is 4. The van der Waals surface area contributed by atoms with E-state index in [1.54, 1.807) is 0 Å². The highest BCUT2D eigenvalue weighted by Crippen LogP contribution is 2.12. The molecule has 0 saturated heterocycles. The molecule has 0 radical (unpaired) electrons. The number of nitro benzene ring substituents is 1. The standard InChI is InChI=1S/C15H14N4O5/c16-7-1-9-18(10-2-8-17)14(20)11-24-15(21)12-3-5-13(6-4-12)19(22)23/h3-6H,1-2,9-11H2. The van der Waals surface area contributed by atoms with Crippen molar-refractivity contribution in [2.45, 2.75) is 12.8 Å². The lowest BCUT2D eigenvalue weighted by atomic mass is 10.2. The molecule has 1 aromatic carbocycles. The van der Waals surface area contributed by atoms with Crippen LogP contribution in [0.2, 0.25) is 0 Å². The molecule has 0 N–H and O–H groups in total. The normalized spacial score (nSPS) is 9.42. The van der Waals surface area contributed by atoms with E-state index in [1.165, 1.54) is 17.0 Å². The number of rotatable bonds is 8. The smallest absolute Gasteiger partial charge is 0.338 e. The summed E-state index contributed by atoms with van der Waals surface area (Å²) < 4.78 is 4.87. The molecule has 0 spiro atoms. The van der Waals surface area contributed by atoms with Gasteiger partial charge in [0.2, 0.25) is 0 Å². The van der Waals surface area contributed by atoms with Gasteiger partial charge >= 0.3 is 5.97 Å². The average Bonchev–Trinajstić information content (AvgIpc) is 2.59. The van der Waals surface area contributed by atoms with Crippen LogP contribution >= 0.6 is 0 Å². The van der Waals surface area contributed by atoms with E-state index in [2.05, 4.69) is 0 Å². The highest BCUT2D eigenvalue weighted by molar-refractivity contribution is 5.91. The third-order valence-electron chi connectivity index (χ3n) is 2.98. The van der Waals surface area contributed by atoms with Crippen LogP contribution in [0.25, 0.3) is 0 Å². The van der Waals surface area contributed by atoms with Crippen molar-refractivity contribution in [2.24, 2.45) is 0 Å². The number of nitro groups is 1. The minimum absolute atomic E-state index is 0.0778. The van der Waals surface area contributed by atoms with Gasteiger partial charge in [-0.1, -0.05) is 0 Å². The molecule has 124 valence electrons. The summed E-state index contributed by atoms with van der Waals surface area (Å²) in [5.74, 6) is -1.31. The van der Waals surface area contributed by atoms with Crippen molar-refractivity contribution in [3.8, 4) is 12.1 Å². The van der Waals surface area contributed by atoms with Crippen LogP contribution in [0.4, 0.5) is 5.69 Å². The summed E-state index contributed by atoms with van der Waals surface area (Å²) in [5.41, 5.74) is -0.0872. The third kappa shape index (κ3) is 5.73. The van der Waals surface area contributed by atoms with Crippen molar-refractivity contribution < 1.29 is 19.2 Å². The number of hydrogen-bond acceptors (Lipinski definition) is 7. The van der Waals surface area contributed by atoms with Crippen LogP contribution in [0.5, 0.6) is 0 Å². The summed E-state index contributed by atoms with van der Waals surface area (Å²) in [7, 11) is 0. The van der Waals surface area contributed by atoms with Gasteiger partial charge in [0.05, 0.1) is 35.5 Å². The number of carbonyl (C=O) groups excluding carboxylic acids is 2. The Morgan fingerprint density at radius 1 is 1.12 bits per heavy atom. The largest absolute Gasteiger partial charge is 0.452 e. The molecule has 0 aromatic heterocycles. The second-order valence-corrected chi connectivity index (χ2v) is 4.58. The highest BCUT2D eigenvalue weighted by Gasteiger charge is 2.17. The Bertz CT molecular complexity index is 669. The molecule has 0 aliphatic rings. The topological polar surface area (TPSA) is 137 Å².